The van der Waals surface area contributed by atoms with E-state index in [1.54, 1.807) is 0 Å². The van der Waals surface area contributed by atoms with Crippen molar-refractivity contribution in [1.82, 2.24) is 0 Å². The molecule has 0 radical (unpaired) electrons. The minimum absolute atomic E-state index is 0.0563. The number of ketones is 1. The third kappa shape index (κ3) is 2.48. The van der Waals surface area contributed by atoms with Crippen molar-refractivity contribution in [3.63, 3.8) is 0 Å². The molecule has 0 aliphatic carbocycles. The number of carbonyl (C=O) groups excluding carboxylic acids is 1. The van der Waals surface area contributed by atoms with E-state index in [9.17, 15) is 4.79 Å². The fourth-order valence-corrected chi connectivity index (χ4v) is 2.65. The molecule has 0 aromatic heterocycles. The van der Waals surface area contributed by atoms with Crippen LogP contribution in [-0.2, 0) is 4.74 Å². The lowest BCUT2D eigenvalue weighted by Gasteiger charge is -2.00. The lowest BCUT2D eigenvalue weighted by molar-refractivity contribution is 0.0953. The molecule has 2 aromatic rings. The van der Waals surface area contributed by atoms with E-state index in [0.29, 0.717) is 5.56 Å². The molecule has 3 rings (SSSR count). The van der Waals surface area contributed by atoms with E-state index < -0.39 is 0 Å². The number of Topliss-reactive ketones (excluding diaryl/α,β-unsaturated/α-hetero) is 1. The van der Waals surface area contributed by atoms with E-state index in [1.807, 2.05) is 55.5 Å². The number of hydrogen-bond acceptors (Lipinski definition) is 2. The predicted octanol–water partition coefficient (Wildman–Crippen LogP) is 4.08. The largest absolute Gasteiger partial charge is 0.356 e. The summed E-state index contributed by atoms with van der Waals surface area (Å²) >= 11 is 3.49. The summed E-state index contributed by atoms with van der Waals surface area (Å²) in [5.41, 5.74) is 2.90. The van der Waals surface area contributed by atoms with Gasteiger partial charge in [0.2, 0.25) is 0 Å². The Balaban J connectivity index is 1.78. The normalized spacial score (nSPS) is 21.2. The Morgan fingerprint density at radius 1 is 1.11 bits per heavy atom. The monoisotopic (exact) mass is 316 g/mol. The molecule has 96 valence electrons. The number of rotatable bonds is 3. The molecule has 0 bridgehead atoms. The molecular formula is C16H13BrO2. The van der Waals surface area contributed by atoms with Crippen LogP contribution in [0, 0.1) is 6.92 Å². The van der Waals surface area contributed by atoms with Crippen molar-refractivity contribution >= 4 is 21.7 Å². The maximum absolute atomic E-state index is 12.3. The minimum Gasteiger partial charge on any atom is -0.356 e. The Morgan fingerprint density at radius 3 is 2.47 bits per heavy atom. The van der Waals surface area contributed by atoms with Gasteiger partial charge in [-0.05, 0) is 18.6 Å². The fraction of sp³-hybridized carbons (Fsp3) is 0.188. The molecule has 2 aromatic carbocycles. The molecule has 0 unspecified atom stereocenters. The van der Waals surface area contributed by atoms with Gasteiger partial charge in [-0.25, -0.2) is 0 Å². The number of benzene rings is 2. The van der Waals surface area contributed by atoms with Gasteiger partial charge < -0.3 is 4.74 Å². The summed E-state index contributed by atoms with van der Waals surface area (Å²) in [5, 5.41) is 0. The maximum atomic E-state index is 12.3. The van der Waals surface area contributed by atoms with Crippen molar-refractivity contribution in [2.45, 2.75) is 19.1 Å². The van der Waals surface area contributed by atoms with Crippen LogP contribution in [0.25, 0.3) is 0 Å². The van der Waals surface area contributed by atoms with Gasteiger partial charge in [-0.1, -0.05) is 64.0 Å². The number of hydrogen-bond donors (Lipinski definition) is 0. The van der Waals surface area contributed by atoms with Crippen LogP contribution in [0.1, 0.15) is 27.6 Å². The number of halogens is 1. The van der Waals surface area contributed by atoms with Crippen LogP contribution in [0.2, 0.25) is 0 Å². The summed E-state index contributed by atoms with van der Waals surface area (Å²) in [6, 6.07) is 15.5. The molecule has 1 aliphatic heterocycles. The average Bonchev–Trinajstić information content (AvgIpc) is 3.19. The Labute approximate surface area is 120 Å². The van der Waals surface area contributed by atoms with E-state index in [4.69, 9.17) is 4.74 Å². The second-order valence-electron chi connectivity index (χ2n) is 4.73. The molecule has 1 fully saturated rings. The Hall–Kier alpha value is -1.45. The molecule has 0 saturated carbocycles. The standard InChI is InChI=1S/C16H13BrO2/c1-10-6-8-11(9-7-10)14(18)16-15(19-16)12-4-2-3-5-13(12)17/h2-9,15-16H,1H3/t15-,16-/m1/s1. The van der Waals surface area contributed by atoms with Gasteiger partial charge in [0.15, 0.2) is 11.9 Å². The van der Waals surface area contributed by atoms with Crippen LogP contribution in [0.5, 0.6) is 0 Å². The zero-order chi connectivity index (χ0) is 13.4. The molecule has 1 aliphatic rings. The number of ether oxygens (including phenoxy) is 1. The summed E-state index contributed by atoms with van der Waals surface area (Å²) in [5.74, 6) is 0.0563. The third-order valence-electron chi connectivity index (χ3n) is 3.30. The topological polar surface area (TPSA) is 29.6 Å². The number of aryl methyl sites for hydroxylation is 1. The summed E-state index contributed by atoms with van der Waals surface area (Å²) in [7, 11) is 0. The van der Waals surface area contributed by atoms with Crippen molar-refractivity contribution in [3.8, 4) is 0 Å². The highest BCUT2D eigenvalue weighted by atomic mass is 79.9. The van der Waals surface area contributed by atoms with Crippen LogP contribution in [0.3, 0.4) is 0 Å². The van der Waals surface area contributed by atoms with E-state index >= 15 is 0 Å². The molecule has 1 heterocycles. The first-order valence-electron chi connectivity index (χ1n) is 6.17. The first-order valence-corrected chi connectivity index (χ1v) is 6.97. The maximum Gasteiger partial charge on any atom is 0.194 e. The average molecular weight is 317 g/mol. The van der Waals surface area contributed by atoms with Gasteiger partial charge in [-0.2, -0.15) is 0 Å². The second kappa shape index (κ2) is 4.91. The zero-order valence-corrected chi connectivity index (χ0v) is 12.1. The van der Waals surface area contributed by atoms with Gasteiger partial charge in [0.05, 0.1) is 0 Å². The molecule has 3 heteroatoms. The number of epoxide rings is 1. The quantitative estimate of drug-likeness (QED) is 0.630. The summed E-state index contributed by atoms with van der Waals surface area (Å²) in [6.07, 6.45) is -0.467. The zero-order valence-electron chi connectivity index (χ0n) is 10.5. The van der Waals surface area contributed by atoms with Gasteiger partial charge in [0.1, 0.15) is 6.10 Å². The van der Waals surface area contributed by atoms with Gasteiger partial charge in [-0.15, -0.1) is 0 Å². The summed E-state index contributed by atoms with van der Waals surface area (Å²) in [4.78, 5) is 12.3. The number of carbonyl (C=O) groups is 1. The highest BCUT2D eigenvalue weighted by Crippen LogP contribution is 2.43. The van der Waals surface area contributed by atoms with Gasteiger partial charge in [-0.3, -0.25) is 4.79 Å². The van der Waals surface area contributed by atoms with E-state index in [1.165, 1.54) is 0 Å². The Kier molecular flexibility index (Phi) is 3.25. The summed E-state index contributed by atoms with van der Waals surface area (Å²) in [6.45, 7) is 2.01. The van der Waals surface area contributed by atoms with Crippen LogP contribution < -0.4 is 0 Å². The lowest BCUT2D eigenvalue weighted by atomic mass is 10.0. The second-order valence-corrected chi connectivity index (χ2v) is 5.58. The smallest absolute Gasteiger partial charge is 0.194 e. The Morgan fingerprint density at radius 2 is 1.79 bits per heavy atom. The van der Waals surface area contributed by atoms with Crippen molar-refractivity contribution in [3.05, 3.63) is 69.7 Å². The van der Waals surface area contributed by atoms with Crippen LogP contribution in [-0.4, -0.2) is 11.9 Å². The SMILES string of the molecule is Cc1ccc(C(=O)[C@H]2O[C@@H]2c2ccccc2Br)cc1. The van der Waals surface area contributed by atoms with E-state index in [-0.39, 0.29) is 18.0 Å². The van der Waals surface area contributed by atoms with Crippen molar-refractivity contribution in [2.24, 2.45) is 0 Å². The molecule has 1 saturated heterocycles. The molecule has 19 heavy (non-hydrogen) atoms. The fourth-order valence-electron chi connectivity index (χ4n) is 2.14. The van der Waals surface area contributed by atoms with Crippen LogP contribution in [0.15, 0.2) is 53.0 Å². The molecule has 0 spiro atoms. The van der Waals surface area contributed by atoms with Crippen LogP contribution in [0.4, 0.5) is 0 Å². The van der Waals surface area contributed by atoms with Crippen molar-refractivity contribution in [1.29, 1.82) is 0 Å². The first kappa shape index (κ1) is 12.6. The lowest BCUT2D eigenvalue weighted by Crippen LogP contribution is -2.08. The molecule has 2 atom stereocenters. The molecule has 2 nitrogen and oxygen atoms in total. The van der Waals surface area contributed by atoms with E-state index in [2.05, 4.69) is 15.9 Å². The molecule has 0 N–H and O–H groups in total. The van der Waals surface area contributed by atoms with Gasteiger partial charge in [0.25, 0.3) is 0 Å². The third-order valence-corrected chi connectivity index (χ3v) is 4.02. The van der Waals surface area contributed by atoms with Gasteiger partial charge >= 0.3 is 0 Å². The van der Waals surface area contributed by atoms with Crippen LogP contribution >= 0.6 is 15.9 Å². The van der Waals surface area contributed by atoms with Crippen molar-refractivity contribution in [2.75, 3.05) is 0 Å². The van der Waals surface area contributed by atoms with Crippen molar-refractivity contribution < 1.29 is 9.53 Å². The minimum atomic E-state index is -0.346. The molecule has 0 amide bonds. The Bertz CT molecular complexity index is 619. The molecular weight excluding hydrogens is 304 g/mol. The first-order chi connectivity index (χ1) is 9.16. The highest BCUT2D eigenvalue weighted by Gasteiger charge is 2.46. The van der Waals surface area contributed by atoms with Gasteiger partial charge in [0, 0.05) is 10.0 Å². The summed E-state index contributed by atoms with van der Waals surface area (Å²) < 4.78 is 6.54. The highest BCUT2D eigenvalue weighted by molar-refractivity contribution is 9.10. The predicted molar refractivity (Wildman–Crippen MR) is 77.3 cm³/mol. The van der Waals surface area contributed by atoms with E-state index in [0.717, 1.165) is 15.6 Å².